The third kappa shape index (κ3) is 3.00. The lowest BCUT2D eigenvalue weighted by atomic mass is 10.0. The van der Waals surface area contributed by atoms with Gasteiger partial charge < -0.3 is 10.2 Å². The predicted molar refractivity (Wildman–Crippen MR) is 67.6 cm³/mol. The van der Waals surface area contributed by atoms with Crippen molar-refractivity contribution >= 4 is 23.4 Å². The Morgan fingerprint density at radius 3 is 2.53 bits per heavy atom. The van der Waals surface area contributed by atoms with Crippen LogP contribution in [-0.4, -0.2) is 35.3 Å². The van der Waals surface area contributed by atoms with E-state index in [1.165, 1.54) is 5.54 Å². The van der Waals surface area contributed by atoms with Crippen molar-refractivity contribution in [3.8, 4) is 0 Å². The molecule has 2 atom stereocenters. The van der Waals surface area contributed by atoms with Gasteiger partial charge in [0.1, 0.15) is 12.1 Å². The molecule has 4 nitrogen and oxygen atoms in total. The molecule has 1 heterocycles. The molecule has 96 valence electrons. The lowest BCUT2D eigenvalue weighted by Crippen LogP contribution is -2.63. The van der Waals surface area contributed by atoms with E-state index in [9.17, 15) is 9.59 Å². The second-order valence-electron chi connectivity index (χ2n) is 4.32. The first-order valence-corrected chi connectivity index (χ1v) is 6.35. The Morgan fingerprint density at radius 2 is 2.06 bits per heavy atom. The molecular weight excluding hydrogens is 240 g/mol. The Morgan fingerprint density at radius 1 is 1.41 bits per heavy atom. The van der Waals surface area contributed by atoms with Gasteiger partial charge >= 0.3 is 0 Å². The van der Waals surface area contributed by atoms with Crippen LogP contribution in [0.15, 0.2) is 11.1 Å². The van der Waals surface area contributed by atoms with E-state index in [1.54, 1.807) is 4.90 Å². The number of nitrogens with one attached hydrogen (secondary N) is 1. The van der Waals surface area contributed by atoms with Crippen molar-refractivity contribution in [2.45, 2.75) is 45.7 Å². The molecule has 17 heavy (non-hydrogen) atoms. The molecule has 1 aliphatic rings. The summed E-state index contributed by atoms with van der Waals surface area (Å²) >= 11 is 5.62. The lowest BCUT2D eigenvalue weighted by Gasteiger charge is -2.38. The Labute approximate surface area is 107 Å². The number of nitrogens with zero attached hydrogens (tertiary/aromatic N) is 1. The number of carbonyl (C=O) groups is 2. The number of hydrogen-bond donors (Lipinski definition) is 1. The minimum absolute atomic E-state index is 0.0168. The monoisotopic (exact) mass is 258 g/mol. The number of amides is 2. The number of rotatable bonds is 4. The molecule has 0 aromatic heterocycles. The molecule has 1 N–H and O–H groups in total. The summed E-state index contributed by atoms with van der Waals surface area (Å²) in [6.45, 7) is 6.05. The van der Waals surface area contributed by atoms with Crippen LogP contribution in [0, 0.1) is 0 Å². The smallest absolute Gasteiger partial charge is 0.246 e. The van der Waals surface area contributed by atoms with Crippen molar-refractivity contribution in [1.82, 2.24) is 10.2 Å². The number of hydrogen-bond acceptors (Lipinski definition) is 2. The van der Waals surface area contributed by atoms with E-state index in [4.69, 9.17) is 11.6 Å². The third-order valence-electron chi connectivity index (χ3n) is 2.98. The number of halogens is 1. The first kappa shape index (κ1) is 14.0. The van der Waals surface area contributed by atoms with Crippen molar-refractivity contribution in [3.63, 3.8) is 0 Å². The maximum absolute atomic E-state index is 12.2. The molecule has 0 spiro atoms. The lowest BCUT2D eigenvalue weighted by molar-refractivity contribution is -0.149. The van der Waals surface area contributed by atoms with Gasteiger partial charge in [0.25, 0.3) is 0 Å². The molecule has 0 aliphatic carbocycles. The van der Waals surface area contributed by atoms with Gasteiger partial charge in [0.05, 0.1) is 0 Å². The van der Waals surface area contributed by atoms with Crippen LogP contribution < -0.4 is 5.32 Å². The molecule has 0 saturated carbocycles. The van der Waals surface area contributed by atoms with Crippen LogP contribution in [0.1, 0.15) is 33.6 Å². The van der Waals surface area contributed by atoms with Crippen molar-refractivity contribution in [3.05, 3.63) is 11.1 Å². The van der Waals surface area contributed by atoms with Crippen LogP contribution in [0.4, 0.5) is 0 Å². The molecule has 1 rings (SSSR count). The van der Waals surface area contributed by atoms with Gasteiger partial charge in [-0.15, -0.1) is 0 Å². The molecule has 2 amide bonds. The predicted octanol–water partition coefficient (Wildman–Crippen LogP) is 1.64. The van der Waals surface area contributed by atoms with Crippen LogP contribution in [0.25, 0.3) is 0 Å². The van der Waals surface area contributed by atoms with Gasteiger partial charge in [-0.25, -0.2) is 0 Å². The summed E-state index contributed by atoms with van der Waals surface area (Å²) in [7, 11) is 0. The number of carbonyl (C=O) groups excluding carboxylic acids is 2. The Kier molecular flexibility index (Phi) is 5.00. The second-order valence-corrected chi connectivity index (χ2v) is 4.53. The molecule has 0 radical (unpaired) electrons. The van der Waals surface area contributed by atoms with E-state index < -0.39 is 6.04 Å². The SMILES string of the molecule is CCC1NC(=O)C(CC)N(CC(C)=CCl)C1=O. The van der Waals surface area contributed by atoms with E-state index >= 15 is 0 Å². The highest BCUT2D eigenvalue weighted by molar-refractivity contribution is 6.25. The van der Waals surface area contributed by atoms with E-state index in [2.05, 4.69) is 5.32 Å². The molecule has 1 aliphatic heterocycles. The van der Waals surface area contributed by atoms with Crippen LogP contribution in [-0.2, 0) is 9.59 Å². The molecular formula is C12H19ClN2O2. The van der Waals surface area contributed by atoms with Crippen molar-refractivity contribution in [2.75, 3.05) is 6.54 Å². The molecule has 1 saturated heterocycles. The third-order valence-corrected chi connectivity index (χ3v) is 3.35. The van der Waals surface area contributed by atoms with Crippen LogP contribution in [0.2, 0.25) is 0 Å². The summed E-state index contributed by atoms with van der Waals surface area (Å²) in [4.78, 5) is 25.7. The van der Waals surface area contributed by atoms with Gasteiger partial charge in [-0.1, -0.05) is 25.4 Å². The van der Waals surface area contributed by atoms with E-state index in [0.717, 1.165) is 5.57 Å². The first-order chi connectivity index (χ1) is 8.04. The van der Waals surface area contributed by atoms with Gasteiger partial charge in [0.15, 0.2) is 0 Å². The van der Waals surface area contributed by atoms with E-state index in [1.807, 2.05) is 20.8 Å². The highest BCUT2D eigenvalue weighted by atomic mass is 35.5. The summed E-state index contributed by atoms with van der Waals surface area (Å²) in [6.07, 6.45) is 1.23. The summed E-state index contributed by atoms with van der Waals surface area (Å²) in [5.41, 5.74) is 2.33. The first-order valence-electron chi connectivity index (χ1n) is 5.91. The van der Waals surface area contributed by atoms with Gasteiger partial charge in [-0.2, -0.15) is 0 Å². The molecule has 0 aromatic carbocycles. The fraction of sp³-hybridized carbons (Fsp3) is 0.667. The molecule has 2 unspecified atom stereocenters. The molecule has 0 bridgehead atoms. The summed E-state index contributed by atoms with van der Waals surface area (Å²) in [6, 6.07) is -0.773. The normalized spacial score (nSPS) is 26.1. The van der Waals surface area contributed by atoms with Gasteiger partial charge in [-0.05, 0) is 25.3 Å². The van der Waals surface area contributed by atoms with Crippen LogP contribution in [0.5, 0.6) is 0 Å². The average Bonchev–Trinajstić information content (AvgIpc) is 2.33. The largest absolute Gasteiger partial charge is 0.343 e. The average molecular weight is 259 g/mol. The van der Waals surface area contributed by atoms with Gasteiger partial charge in [0, 0.05) is 12.1 Å². The standard InChI is InChI=1S/C12H19ClN2O2/c1-4-9-12(17)15(7-8(3)6-13)10(5-2)11(16)14-9/h6,9-10H,4-5,7H2,1-3H3,(H,14,16). The van der Waals surface area contributed by atoms with Gasteiger partial charge in [0.2, 0.25) is 11.8 Å². The highest BCUT2D eigenvalue weighted by Crippen LogP contribution is 2.16. The second kappa shape index (κ2) is 6.05. The Balaban J connectivity index is 2.92. The maximum Gasteiger partial charge on any atom is 0.246 e. The molecule has 5 heteroatoms. The quantitative estimate of drug-likeness (QED) is 0.834. The summed E-state index contributed by atoms with van der Waals surface area (Å²) in [5, 5.41) is 2.76. The minimum atomic E-state index is -0.395. The Bertz CT molecular complexity index is 341. The zero-order valence-electron chi connectivity index (χ0n) is 10.5. The molecule has 1 fully saturated rings. The fourth-order valence-corrected chi connectivity index (χ4v) is 2.07. The fourth-order valence-electron chi connectivity index (χ4n) is 2.00. The molecule has 0 aromatic rings. The van der Waals surface area contributed by atoms with Crippen LogP contribution in [0.3, 0.4) is 0 Å². The zero-order valence-corrected chi connectivity index (χ0v) is 11.3. The maximum atomic E-state index is 12.2. The van der Waals surface area contributed by atoms with Crippen molar-refractivity contribution < 1.29 is 9.59 Å². The Hall–Kier alpha value is -1.03. The van der Waals surface area contributed by atoms with Gasteiger partial charge in [-0.3, -0.25) is 9.59 Å². The highest BCUT2D eigenvalue weighted by Gasteiger charge is 2.38. The topological polar surface area (TPSA) is 49.4 Å². The summed E-state index contributed by atoms with van der Waals surface area (Å²) in [5.74, 6) is -0.0851. The van der Waals surface area contributed by atoms with Crippen molar-refractivity contribution in [1.29, 1.82) is 0 Å². The summed E-state index contributed by atoms with van der Waals surface area (Å²) < 4.78 is 0. The minimum Gasteiger partial charge on any atom is -0.343 e. The van der Waals surface area contributed by atoms with Crippen molar-refractivity contribution in [2.24, 2.45) is 0 Å². The van der Waals surface area contributed by atoms with E-state index in [0.29, 0.717) is 19.4 Å². The van der Waals surface area contributed by atoms with E-state index in [-0.39, 0.29) is 17.9 Å². The zero-order chi connectivity index (χ0) is 13.0. The van der Waals surface area contributed by atoms with Crippen LogP contribution >= 0.6 is 11.6 Å². The number of piperazine rings is 1.